The Morgan fingerprint density at radius 1 is 0.886 bits per heavy atom. The van der Waals surface area contributed by atoms with Crippen LogP contribution in [0.25, 0.3) is 0 Å². The highest BCUT2D eigenvalue weighted by molar-refractivity contribution is 6.60. The summed E-state index contributed by atoms with van der Waals surface area (Å²) in [5.74, 6) is -0.588. The van der Waals surface area contributed by atoms with Crippen molar-refractivity contribution in [2.75, 3.05) is 35.0 Å². The second kappa shape index (κ2) is 19.8. The summed E-state index contributed by atoms with van der Waals surface area (Å²) in [5, 5.41) is 0. The predicted octanol–water partition coefficient (Wildman–Crippen LogP) is 4.28. The highest BCUT2D eigenvalue weighted by atomic mass is 28.4. The van der Waals surface area contributed by atoms with Gasteiger partial charge >= 0.3 is 38.7 Å². The molecule has 3 aliphatic rings. The van der Waals surface area contributed by atoms with E-state index in [-0.39, 0.29) is 23.8 Å². The largest absolute Gasteiger partial charge is 0.500 e. The summed E-state index contributed by atoms with van der Waals surface area (Å²) < 4.78 is 34.3. The normalized spacial score (nSPS) is 19.2. The summed E-state index contributed by atoms with van der Waals surface area (Å²) in [6.07, 6.45) is 9.37. The van der Waals surface area contributed by atoms with Crippen LogP contribution in [0.1, 0.15) is 53.9 Å². The molecule has 0 spiro atoms. The Kier molecular flexibility index (Phi) is 18.3. The number of carbonyl (C=O) groups excluding carboxylic acids is 5. The van der Waals surface area contributed by atoms with Gasteiger partial charge in [0.15, 0.2) is 0 Å². The third kappa shape index (κ3) is 15.9. The van der Waals surface area contributed by atoms with Crippen LogP contribution in [-0.2, 0) is 56.2 Å². The van der Waals surface area contributed by atoms with E-state index in [9.17, 15) is 24.0 Å². The molecule has 3 rings (SSSR count). The van der Waals surface area contributed by atoms with Crippen LogP contribution in [0.15, 0.2) is 48.6 Å². The van der Waals surface area contributed by atoms with Crippen molar-refractivity contribution in [3.8, 4) is 0 Å². The van der Waals surface area contributed by atoms with Crippen molar-refractivity contribution in [3.05, 3.63) is 48.6 Å². The van der Waals surface area contributed by atoms with Gasteiger partial charge in [0.25, 0.3) is 0 Å². The van der Waals surface area contributed by atoms with Crippen molar-refractivity contribution < 1.29 is 56.2 Å². The van der Waals surface area contributed by atoms with Gasteiger partial charge in [-0.15, -0.1) is 0 Å². The van der Waals surface area contributed by atoms with Crippen LogP contribution in [0.3, 0.4) is 0 Å². The molecule has 0 radical (unpaired) electrons. The molecule has 3 unspecified atom stereocenters. The lowest BCUT2D eigenvalue weighted by Crippen LogP contribution is -2.42. The average molecular weight is 641 g/mol. The smallest absolute Gasteiger partial charge is 0.469 e. The van der Waals surface area contributed by atoms with E-state index < -0.39 is 26.3 Å². The number of carbonyl (C=O) groups is 5. The Bertz CT molecular complexity index is 1060. The van der Waals surface area contributed by atoms with Crippen molar-refractivity contribution in [3.63, 3.8) is 0 Å². The number of ether oxygens (including phenoxy) is 4. The van der Waals surface area contributed by atoms with Crippen molar-refractivity contribution in [2.24, 2.45) is 17.8 Å². The summed E-state index contributed by atoms with van der Waals surface area (Å²) in [7, 11) is 3.60. The average Bonchev–Trinajstić information content (AvgIpc) is 3.70. The van der Waals surface area contributed by atoms with Gasteiger partial charge in [-0.3, -0.25) is 4.79 Å². The Morgan fingerprint density at radius 2 is 1.41 bits per heavy atom. The molecule has 1 heterocycles. The summed E-state index contributed by atoms with van der Waals surface area (Å²) in [6.45, 7) is 16.0. The van der Waals surface area contributed by atoms with Crippen LogP contribution in [0.5, 0.6) is 0 Å². The molecule has 0 aromatic carbocycles. The molecule has 13 heteroatoms. The Balaban J connectivity index is 0.000000582. The molecule has 44 heavy (non-hydrogen) atoms. The Morgan fingerprint density at radius 3 is 1.70 bits per heavy atom. The zero-order valence-corrected chi connectivity index (χ0v) is 28.4. The van der Waals surface area contributed by atoms with Gasteiger partial charge in [-0.05, 0) is 65.7 Å². The summed E-state index contributed by atoms with van der Waals surface area (Å²) >= 11 is 0. The molecule has 0 N–H and O–H groups in total. The van der Waals surface area contributed by atoms with Gasteiger partial charge < -0.3 is 32.2 Å². The number of hydrogen-bond donors (Lipinski definition) is 0. The van der Waals surface area contributed by atoms with Gasteiger partial charge in [0.05, 0.1) is 19.6 Å². The van der Waals surface area contributed by atoms with E-state index >= 15 is 0 Å². The Labute approximate surface area is 261 Å². The minimum absolute atomic E-state index is 0.0261. The number of esters is 5. The molecule has 0 aromatic heterocycles. The van der Waals surface area contributed by atoms with Gasteiger partial charge in [-0.2, -0.15) is 0 Å². The second-order valence-electron chi connectivity index (χ2n) is 11.1. The first-order chi connectivity index (χ1) is 20.4. The van der Waals surface area contributed by atoms with Crippen LogP contribution in [-0.4, -0.2) is 79.3 Å². The monoisotopic (exact) mass is 640 g/mol. The molecule has 12 nitrogen and oxygen atoms in total. The van der Waals surface area contributed by atoms with E-state index in [0.29, 0.717) is 42.1 Å². The van der Waals surface area contributed by atoms with E-state index in [2.05, 4.69) is 30.0 Å². The van der Waals surface area contributed by atoms with E-state index in [1.165, 1.54) is 13.5 Å². The fraction of sp³-hybridized carbons (Fsp3) is 0.581. The highest BCUT2D eigenvalue weighted by Gasteiger charge is 2.40. The van der Waals surface area contributed by atoms with Crippen LogP contribution in [0, 0.1) is 17.8 Å². The highest BCUT2D eigenvalue weighted by Crippen LogP contribution is 2.43. The maximum absolute atomic E-state index is 11.1. The van der Waals surface area contributed by atoms with Gasteiger partial charge in [0.1, 0.15) is 5.60 Å². The van der Waals surface area contributed by atoms with Gasteiger partial charge in [-0.1, -0.05) is 25.3 Å². The maximum Gasteiger partial charge on any atom is 0.500 e. The molecule has 1 fully saturated rings. The third-order valence-electron chi connectivity index (χ3n) is 6.23. The van der Waals surface area contributed by atoms with Gasteiger partial charge in [-0.25, -0.2) is 19.2 Å². The fourth-order valence-corrected chi connectivity index (χ4v) is 5.69. The first-order valence-electron chi connectivity index (χ1n) is 14.0. The van der Waals surface area contributed by atoms with Gasteiger partial charge in [0, 0.05) is 50.7 Å². The standard InChI is InChI=1S/C10H20O5Si.C9H12O2.C8H14O2.C4H2O3/c1-9(2)10(11)15-7-6-8-16(12-3,13-4)14-5;1-11-9(10)8-5-6-2-3-7(8)4-6;1-6(2)7(9)10-8(3,4)5;5-3-1-2-4(6)7-3/h1,6-8H2,2-5H3;2-3,6-8H,4-5H2,1H3;1H2,2-5H3;1-2H. The molecule has 248 valence electrons. The quantitative estimate of drug-likeness (QED) is 0.0638. The van der Waals surface area contributed by atoms with E-state index in [1.807, 2.05) is 20.8 Å². The molecule has 2 bridgehead atoms. The number of methoxy groups -OCH3 is 1. The molecule has 0 saturated heterocycles. The van der Waals surface area contributed by atoms with Gasteiger partial charge in [0.2, 0.25) is 0 Å². The zero-order chi connectivity index (χ0) is 34.1. The first-order valence-corrected chi connectivity index (χ1v) is 15.9. The number of rotatable bonds is 10. The van der Waals surface area contributed by atoms with E-state index in [0.717, 1.165) is 18.6 Å². The number of cyclic esters (lactones) is 2. The van der Waals surface area contributed by atoms with Crippen molar-refractivity contribution in [2.45, 2.75) is 65.5 Å². The predicted molar refractivity (Wildman–Crippen MR) is 164 cm³/mol. The van der Waals surface area contributed by atoms with Crippen molar-refractivity contribution in [1.29, 1.82) is 0 Å². The summed E-state index contributed by atoms with van der Waals surface area (Å²) in [5.41, 5.74) is 0.430. The van der Waals surface area contributed by atoms with Crippen molar-refractivity contribution >= 4 is 38.7 Å². The molecule has 2 aliphatic carbocycles. The lowest BCUT2D eigenvalue weighted by Gasteiger charge is -2.24. The summed E-state index contributed by atoms with van der Waals surface area (Å²) in [6, 6.07) is 0.611. The van der Waals surface area contributed by atoms with Crippen LogP contribution >= 0.6 is 0 Å². The molecular formula is C31H48O12Si. The number of hydrogen-bond acceptors (Lipinski definition) is 12. The van der Waals surface area contributed by atoms with Crippen LogP contribution in [0.2, 0.25) is 6.04 Å². The Hall–Kier alpha value is -3.39. The molecular weight excluding hydrogens is 592 g/mol. The third-order valence-corrected chi connectivity index (χ3v) is 9.06. The first kappa shape index (κ1) is 40.6. The summed E-state index contributed by atoms with van der Waals surface area (Å²) in [4.78, 5) is 52.9. The van der Waals surface area contributed by atoms with Crippen molar-refractivity contribution in [1.82, 2.24) is 0 Å². The molecule has 3 atom stereocenters. The fourth-order valence-electron chi connectivity index (χ4n) is 4.00. The number of fused-ring (bicyclic) bond motifs is 2. The minimum atomic E-state index is -2.53. The molecule has 0 amide bonds. The van der Waals surface area contributed by atoms with Crippen LogP contribution < -0.4 is 0 Å². The SMILES string of the molecule is C=C(C)C(=O)OC(C)(C)C.C=C(C)C(=O)OCCC[Si](OC)(OC)OC.COC(=O)C1CC2C=CC1C2.O=C1C=CC(=O)O1. The lowest BCUT2D eigenvalue weighted by atomic mass is 9.94. The zero-order valence-electron chi connectivity index (χ0n) is 27.4. The second-order valence-corrected chi connectivity index (χ2v) is 14.2. The molecule has 0 aromatic rings. The molecule has 1 aliphatic heterocycles. The number of allylic oxidation sites excluding steroid dienone is 2. The lowest BCUT2D eigenvalue weighted by molar-refractivity contribution is -0.151. The van der Waals surface area contributed by atoms with E-state index in [1.54, 1.807) is 35.2 Å². The maximum atomic E-state index is 11.1. The van der Waals surface area contributed by atoms with E-state index in [4.69, 9.17) is 27.5 Å². The minimum Gasteiger partial charge on any atom is -0.469 e. The molecule has 1 saturated carbocycles. The topological polar surface area (TPSA) is 150 Å². The van der Waals surface area contributed by atoms with Crippen LogP contribution in [0.4, 0.5) is 0 Å².